The van der Waals surface area contributed by atoms with Gasteiger partial charge in [-0.15, -0.1) is 0 Å². The summed E-state index contributed by atoms with van der Waals surface area (Å²) < 4.78 is 5.24. The highest BCUT2D eigenvalue weighted by molar-refractivity contribution is 4.68. The van der Waals surface area contributed by atoms with E-state index < -0.39 is 0 Å². The van der Waals surface area contributed by atoms with Crippen molar-refractivity contribution < 1.29 is 4.74 Å². The Labute approximate surface area is 64.8 Å². The van der Waals surface area contributed by atoms with Gasteiger partial charge >= 0.3 is 0 Å². The molecule has 1 saturated carbocycles. The summed E-state index contributed by atoms with van der Waals surface area (Å²) in [4.78, 5) is 0. The van der Waals surface area contributed by atoms with Crippen LogP contribution < -0.4 is 0 Å². The van der Waals surface area contributed by atoms with Crippen LogP contribution in [0.1, 0.15) is 40.0 Å². The quantitative estimate of drug-likeness (QED) is 0.550. The predicted octanol–water partition coefficient (Wildman–Crippen LogP) is 2.85. The van der Waals surface area contributed by atoms with E-state index in [0.717, 1.165) is 5.92 Å². The van der Waals surface area contributed by atoms with E-state index >= 15 is 0 Å². The Hall–Kier alpha value is -0.0400. The van der Waals surface area contributed by atoms with Crippen molar-refractivity contribution in [2.45, 2.75) is 46.1 Å². The molecule has 0 unspecified atom stereocenters. The Balaban J connectivity index is 0.000000810. The minimum absolute atomic E-state index is 0. The summed E-state index contributed by atoms with van der Waals surface area (Å²) in [5.74, 6) is 0.941. The molecule has 0 saturated heterocycles. The first-order valence-corrected chi connectivity index (χ1v) is 3.85. The van der Waals surface area contributed by atoms with Gasteiger partial charge in [-0.3, -0.25) is 0 Å². The molecule has 0 amide bonds. The molecule has 0 bridgehead atoms. The third kappa shape index (κ3) is 2.70. The summed E-state index contributed by atoms with van der Waals surface area (Å²) in [5, 5.41) is 0. The van der Waals surface area contributed by atoms with E-state index in [-0.39, 0.29) is 7.43 Å². The lowest BCUT2D eigenvalue weighted by Crippen LogP contribution is -2.18. The Morgan fingerprint density at radius 1 is 1.10 bits per heavy atom. The molecule has 1 aliphatic rings. The molecule has 1 nitrogen and oxygen atoms in total. The monoisotopic (exact) mass is 144 g/mol. The first-order chi connectivity index (χ1) is 4.33. The second-order valence-corrected chi connectivity index (χ2v) is 3.12. The molecule has 0 radical (unpaired) electrons. The Kier molecular flexibility index (Phi) is 4.71. The normalized spacial score (nSPS) is 33.0. The van der Waals surface area contributed by atoms with E-state index in [1.807, 2.05) is 7.11 Å². The topological polar surface area (TPSA) is 9.23 Å². The molecule has 0 aliphatic heterocycles. The predicted molar refractivity (Wildman–Crippen MR) is 45.2 cm³/mol. The molecule has 0 N–H and O–H groups in total. The summed E-state index contributed by atoms with van der Waals surface area (Å²) in [6, 6.07) is 0. The van der Waals surface area contributed by atoms with Crippen LogP contribution in [-0.4, -0.2) is 13.2 Å². The zero-order valence-corrected chi connectivity index (χ0v) is 6.39. The van der Waals surface area contributed by atoms with Crippen LogP contribution >= 0.6 is 0 Å². The van der Waals surface area contributed by atoms with Gasteiger partial charge in [0.25, 0.3) is 0 Å². The molecule has 62 valence electrons. The van der Waals surface area contributed by atoms with Crippen molar-refractivity contribution in [1.82, 2.24) is 0 Å². The fraction of sp³-hybridized carbons (Fsp3) is 1.00. The van der Waals surface area contributed by atoms with Crippen molar-refractivity contribution in [1.29, 1.82) is 0 Å². The lowest BCUT2D eigenvalue weighted by molar-refractivity contribution is 0.0593. The van der Waals surface area contributed by atoms with Crippen LogP contribution in [0.25, 0.3) is 0 Å². The number of rotatable bonds is 1. The van der Waals surface area contributed by atoms with Crippen molar-refractivity contribution in [3.05, 3.63) is 0 Å². The van der Waals surface area contributed by atoms with Crippen molar-refractivity contribution in [3.8, 4) is 0 Å². The molecule has 0 atom stereocenters. The lowest BCUT2D eigenvalue weighted by atomic mass is 9.89. The molecule has 0 aromatic heterocycles. The van der Waals surface area contributed by atoms with E-state index in [9.17, 15) is 0 Å². The van der Waals surface area contributed by atoms with Gasteiger partial charge in [-0.2, -0.15) is 0 Å². The fourth-order valence-electron chi connectivity index (χ4n) is 1.47. The molecule has 1 rings (SSSR count). The zero-order valence-electron chi connectivity index (χ0n) is 6.39. The molecule has 10 heavy (non-hydrogen) atoms. The van der Waals surface area contributed by atoms with Crippen molar-refractivity contribution in [2.75, 3.05) is 7.11 Å². The molecule has 0 aromatic carbocycles. The summed E-state index contributed by atoms with van der Waals surface area (Å²) in [6.07, 6.45) is 5.84. The number of hydrogen-bond donors (Lipinski definition) is 0. The van der Waals surface area contributed by atoms with E-state index in [4.69, 9.17) is 4.74 Å². The van der Waals surface area contributed by atoms with Crippen LogP contribution in [-0.2, 0) is 4.74 Å². The van der Waals surface area contributed by atoms with Gasteiger partial charge in [0.15, 0.2) is 0 Å². The zero-order chi connectivity index (χ0) is 6.69. The van der Waals surface area contributed by atoms with E-state index in [1.54, 1.807) is 0 Å². The molecule has 0 aromatic rings. The van der Waals surface area contributed by atoms with Gasteiger partial charge in [-0.05, 0) is 31.6 Å². The molecule has 1 heteroatoms. The van der Waals surface area contributed by atoms with Crippen LogP contribution in [0.4, 0.5) is 0 Å². The lowest BCUT2D eigenvalue weighted by Gasteiger charge is -2.24. The van der Waals surface area contributed by atoms with E-state index in [0.29, 0.717) is 6.10 Å². The number of ether oxygens (including phenoxy) is 1. The summed E-state index contributed by atoms with van der Waals surface area (Å²) in [6.45, 7) is 2.33. The van der Waals surface area contributed by atoms with Crippen LogP contribution in [0.3, 0.4) is 0 Å². The van der Waals surface area contributed by atoms with E-state index in [2.05, 4.69) is 6.92 Å². The van der Waals surface area contributed by atoms with Crippen LogP contribution in [0.2, 0.25) is 0 Å². The smallest absolute Gasteiger partial charge is 0.0571 e. The first-order valence-electron chi connectivity index (χ1n) is 3.85. The molecule has 1 fully saturated rings. The standard InChI is InChI=1S/C8H16O.CH4/c1-7-3-5-8(9-2)6-4-7;/h7-8H,3-6H2,1-2H3;1H4. The summed E-state index contributed by atoms with van der Waals surface area (Å²) in [5.41, 5.74) is 0. The van der Waals surface area contributed by atoms with Gasteiger partial charge < -0.3 is 4.74 Å². The SMILES string of the molecule is C.COC1CCC(C)CC1. The van der Waals surface area contributed by atoms with Crippen molar-refractivity contribution in [3.63, 3.8) is 0 Å². The Morgan fingerprint density at radius 2 is 1.60 bits per heavy atom. The van der Waals surface area contributed by atoms with Gasteiger partial charge in [-0.1, -0.05) is 14.4 Å². The second-order valence-electron chi connectivity index (χ2n) is 3.12. The van der Waals surface area contributed by atoms with Gasteiger partial charge in [-0.25, -0.2) is 0 Å². The molecule has 0 heterocycles. The molecule has 1 aliphatic carbocycles. The van der Waals surface area contributed by atoms with Gasteiger partial charge in [0.1, 0.15) is 0 Å². The summed E-state index contributed by atoms with van der Waals surface area (Å²) >= 11 is 0. The third-order valence-corrected chi connectivity index (χ3v) is 2.30. The average molecular weight is 144 g/mol. The van der Waals surface area contributed by atoms with Crippen molar-refractivity contribution in [2.24, 2.45) is 5.92 Å². The molecular formula is C9H20O. The average Bonchev–Trinajstić information content (AvgIpc) is 1.90. The van der Waals surface area contributed by atoms with Gasteiger partial charge in [0.2, 0.25) is 0 Å². The third-order valence-electron chi connectivity index (χ3n) is 2.30. The van der Waals surface area contributed by atoms with E-state index in [1.165, 1.54) is 25.7 Å². The minimum Gasteiger partial charge on any atom is -0.381 e. The first kappa shape index (κ1) is 9.96. The maximum atomic E-state index is 5.24. The minimum atomic E-state index is 0. The highest BCUT2D eigenvalue weighted by Gasteiger charge is 2.16. The highest BCUT2D eigenvalue weighted by atomic mass is 16.5. The van der Waals surface area contributed by atoms with Gasteiger partial charge in [0.05, 0.1) is 6.10 Å². The maximum absolute atomic E-state index is 5.24. The number of methoxy groups -OCH3 is 1. The maximum Gasteiger partial charge on any atom is 0.0571 e. The van der Waals surface area contributed by atoms with Crippen LogP contribution in [0.15, 0.2) is 0 Å². The molecule has 0 spiro atoms. The van der Waals surface area contributed by atoms with Gasteiger partial charge in [0, 0.05) is 7.11 Å². The van der Waals surface area contributed by atoms with Crippen LogP contribution in [0, 0.1) is 5.92 Å². The highest BCUT2D eigenvalue weighted by Crippen LogP contribution is 2.24. The Morgan fingerprint density at radius 3 is 2.00 bits per heavy atom. The number of hydrogen-bond acceptors (Lipinski definition) is 1. The largest absolute Gasteiger partial charge is 0.381 e. The van der Waals surface area contributed by atoms with Crippen LogP contribution in [0.5, 0.6) is 0 Å². The van der Waals surface area contributed by atoms with Crippen molar-refractivity contribution >= 4 is 0 Å². The summed E-state index contributed by atoms with van der Waals surface area (Å²) in [7, 11) is 1.82. The molecular weight excluding hydrogens is 124 g/mol. The second kappa shape index (κ2) is 4.73. The Bertz CT molecular complexity index is 72.8. The fourth-order valence-corrected chi connectivity index (χ4v) is 1.47.